The second-order valence-electron chi connectivity index (χ2n) is 3.37. The van der Waals surface area contributed by atoms with Crippen molar-refractivity contribution < 1.29 is 5.11 Å². The number of rotatable bonds is 1. The van der Waals surface area contributed by atoms with E-state index in [2.05, 4.69) is 15.3 Å². The number of nitrogens with zero attached hydrogens (tertiary/aromatic N) is 2. The third-order valence-electron chi connectivity index (χ3n) is 2.31. The molecule has 0 radical (unpaired) electrons. The zero-order valence-corrected chi connectivity index (χ0v) is 7.57. The van der Waals surface area contributed by atoms with E-state index in [1.165, 1.54) is 0 Å². The molecule has 2 heterocycles. The fourth-order valence-electron chi connectivity index (χ4n) is 1.55. The molecule has 4 heteroatoms. The number of aliphatic hydroxyl groups is 1. The van der Waals surface area contributed by atoms with Gasteiger partial charge in [0.2, 0.25) is 0 Å². The van der Waals surface area contributed by atoms with Crippen LogP contribution in [0.1, 0.15) is 23.9 Å². The highest BCUT2D eigenvalue weighted by Gasteiger charge is 2.27. The van der Waals surface area contributed by atoms with Crippen molar-refractivity contribution in [1.29, 1.82) is 0 Å². The summed E-state index contributed by atoms with van der Waals surface area (Å²) in [6.07, 6.45) is 3.92. The molecular weight excluding hydrogens is 166 g/mol. The number of hydrogen-bond donors (Lipinski definition) is 2. The van der Waals surface area contributed by atoms with Crippen LogP contribution in [0.15, 0.2) is 12.4 Å². The molecular formula is C9H13N3O. The number of hydrogen-bond acceptors (Lipinski definition) is 4. The van der Waals surface area contributed by atoms with E-state index in [-0.39, 0.29) is 12.1 Å². The first kappa shape index (κ1) is 8.59. The summed E-state index contributed by atoms with van der Waals surface area (Å²) in [6.45, 7) is 2.75. The van der Waals surface area contributed by atoms with E-state index in [1.54, 1.807) is 12.4 Å². The number of nitrogens with one attached hydrogen (secondary N) is 1. The van der Waals surface area contributed by atoms with Crippen molar-refractivity contribution >= 4 is 0 Å². The minimum absolute atomic E-state index is 0.0342. The topological polar surface area (TPSA) is 58.0 Å². The van der Waals surface area contributed by atoms with Crippen LogP contribution in [-0.2, 0) is 0 Å². The molecule has 1 fully saturated rings. The normalized spacial score (nSPS) is 27.8. The quantitative estimate of drug-likeness (QED) is 0.645. The van der Waals surface area contributed by atoms with Crippen LogP contribution in [-0.4, -0.2) is 27.7 Å². The summed E-state index contributed by atoms with van der Waals surface area (Å²) >= 11 is 0. The van der Waals surface area contributed by atoms with Crippen LogP contribution >= 0.6 is 0 Å². The fourth-order valence-corrected chi connectivity index (χ4v) is 1.55. The number of aryl methyl sites for hydroxylation is 1. The van der Waals surface area contributed by atoms with Gasteiger partial charge in [0, 0.05) is 6.20 Å². The van der Waals surface area contributed by atoms with Gasteiger partial charge in [0.1, 0.15) is 0 Å². The van der Waals surface area contributed by atoms with Crippen LogP contribution in [0.5, 0.6) is 0 Å². The monoisotopic (exact) mass is 179 g/mol. The molecule has 1 aliphatic heterocycles. The molecule has 0 bridgehead atoms. The predicted molar refractivity (Wildman–Crippen MR) is 48.1 cm³/mol. The standard InChI is InChI=1S/C9H13N3O/c1-6-4-12-7(5-11-6)9-8(13)2-3-10-9/h4-5,8-10,13H,2-3H2,1H3. The van der Waals surface area contributed by atoms with E-state index >= 15 is 0 Å². The summed E-state index contributed by atoms with van der Waals surface area (Å²) in [4.78, 5) is 8.37. The predicted octanol–water partition coefficient (Wildman–Crippen LogP) is 0.180. The molecule has 1 aromatic rings. The van der Waals surface area contributed by atoms with Crippen LogP contribution in [0.3, 0.4) is 0 Å². The lowest BCUT2D eigenvalue weighted by molar-refractivity contribution is 0.158. The van der Waals surface area contributed by atoms with Gasteiger partial charge in [-0.2, -0.15) is 0 Å². The molecule has 0 spiro atoms. The van der Waals surface area contributed by atoms with Crippen LogP contribution in [0.25, 0.3) is 0 Å². The number of aromatic nitrogens is 2. The molecule has 0 aliphatic carbocycles. The van der Waals surface area contributed by atoms with Gasteiger partial charge in [-0.15, -0.1) is 0 Å². The maximum Gasteiger partial charge on any atom is 0.0782 e. The van der Waals surface area contributed by atoms with E-state index in [0.717, 1.165) is 24.4 Å². The third kappa shape index (κ3) is 1.68. The first-order valence-corrected chi connectivity index (χ1v) is 4.47. The van der Waals surface area contributed by atoms with Crippen molar-refractivity contribution in [2.45, 2.75) is 25.5 Å². The zero-order chi connectivity index (χ0) is 9.26. The minimum atomic E-state index is -0.322. The van der Waals surface area contributed by atoms with Crippen molar-refractivity contribution in [3.8, 4) is 0 Å². The summed E-state index contributed by atoms with van der Waals surface area (Å²) in [5.41, 5.74) is 1.73. The average Bonchev–Trinajstić information content (AvgIpc) is 2.53. The van der Waals surface area contributed by atoms with Crippen molar-refractivity contribution in [3.63, 3.8) is 0 Å². The molecule has 2 unspecified atom stereocenters. The highest BCUT2D eigenvalue weighted by Crippen LogP contribution is 2.20. The molecule has 13 heavy (non-hydrogen) atoms. The van der Waals surface area contributed by atoms with E-state index in [0.29, 0.717) is 0 Å². The molecule has 2 rings (SSSR count). The Bertz CT molecular complexity index is 285. The van der Waals surface area contributed by atoms with Gasteiger partial charge in [-0.3, -0.25) is 9.97 Å². The lowest BCUT2D eigenvalue weighted by Crippen LogP contribution is -2.22. The first-order chi connectivity index (χ1) is 6.27. The number of aliphatic hydroxyl groups excluding tert-OH is 1. The van der Waals surface area contributed by atoms with E-state index in [1.807, 2.05) is 6.92 Å². The Kier molecular flexibility index (Phi) is 2.24. The van der Waals surface area contributed by atoms with E-state index in [9.17, 15) is 5.11 Å². The molecule has 2 atom stereocenters. The van der Waals surface area contributed by atoms with Crippen molar-refractivity contribution in [3.05, 3.63) is 23.8 Å². The lowest BCUT2D eigenvalue weighted by atomic mass is 10.1. The largest absolute Gasteiger partial charge is 0.391 e. The molecule has 70 valence electrons. The van der Waals surface area contributed by atoms with Gasteiger partial charge in [-0.25, -0.2) is 0 Å². The van der Waals surface area contributed by atoms with E-state index in [4.69, 9.17) is 0 Å². The molecule has 4 nitrogen and oxygen atoms in total. The molecule has 2 N–H and O–H groups in total. The van der Waals surface area contributed by atoms with Crippen LogP contribution in [0.2, 0.25) is 0 Å². The second kappa shape index (κ2) is 3.40. The molecule has 0 amide bonds. The Labute approximate surface area is 77.0 Å². The van der Waals surface area contributed by atoms with Crippen molar-refractivity contribution in [2.75, 3.05) is 6.54 Å². The maximum atomic E-state index is 9.58. The van der Waals surface area contributed by atoms with Gasteiger partial charge in [-0.05, 0) is 19.9 Å². The molecule has 0 saturated carbocycles. The minimum Gasteiger partial charge on any atom is -0.391 e. The third-order valence-corrected chi connectivity index (χ3v) is 2.31. The van der Waals surface area contributed by atoms with Crippen LogP contribution in [0.4, 0.5) is 0 Å². The summed E-state index contributed by atoms with van der Waals surface area (Å²) in [5.74, 6) is 0. The van der Waals surface area contributed by atoms with Crippen LogP contribution < -0.4 is 5.32 Å². The zero-order valence-electron chi connectivity index (χ0n) is 7.57. The van der Waals surface area contributed by atoms with Crippen molar-refractivity contribution in [2.24, 2.45) is 0 Å². The Morgan fingerprint density at radius 1 is 1.46 bits per heavy atom. The Balaban J connectivity index is 2.20. The summed E-state index contributed by atoms with van der Waals surface area (Å²) in [7, 11) is 0. The average molecular weight is 179 g/mol. The van der Waals surface area contributed by atoms with Gasteiger partial charge < -0.3 is 10.4 Å². The maximum absolute atomic E-state index is 9.58. The molecule has 0 aromatic carbocycles. The molecule has 1 saturated heterocycles. The van der Waals surface area contributed by atoms with E-state index < -0.39 is 0 Å². The Hall–Kier alpha value is -1.00. The summed E-state index contributed by atoms with van der Waals surface area (Å²) in [6, 6.07) is -0.0342. The van der Waals surface area contributed by atoms with Gasteiger partial charge in [-0.1, -0.05) is 0 Å². The van der Waals surface area contributed by atoms with Gasteiger partial charge in [0.15, 0.2) is 0 Å². The molecule has 1 aromatic heterocycles. The SMILES string of the molecule is Cc1cnc(C2NCCC2O)cn1. The lowest BCUT2D eigenvalue weighted by Gasteiger charge is -2.13. The fraction of sp³-hybridized carbons (Fsp3) is 0.556. The summed E-state index contributed by atoms with van der Waals surface area (Å²) in [5, 5.41) is 12.8. The smallest absolute Gasteiger partial charge is 0.0782 e. The first-order valence-electron chi connectivity index (χ1n) is 4.47. The Morgan fingerprint density at radius 2 is 2.31 bits per heavy atom. The van der Waals surface area contributed by atoms with Crippen LogP contribution in [0, 0.1) is 6.92 Å². The molecule has 1 aliphatic rings. The van der Waals surface area contributed by atoms with Crippen molar-refractivity contribution in [1.82, 2.24) is 15.3 Å². The van der Waals surface area contributed by atoms with Gasteiger partial charge >= 0.3 is 0 Å². The highest BCUT2D eigenvalue weighted by atomic mass is 16.3. The highest BCUT2D eigenvalue weighted by molar-refractivity contribution is 5.09. The van der Waals surface area contributed by atoms with Gasteiger partial charge in [0.25, 0.3) is 0 Å². The summed E-state index contributed by atoms with van der Waals surface area (Å²) < 4.78 is 0. The Morgan fingerprint density at radius 3 is 2.85 bits per heavy atom. The second-order valence-corrected chi connectivity index (χ2v) is 3.37. The van der Waals surface area contributed by atoms with Gasteiger partial charge in [0.05, 0.1) is 29.7 Å².